The van der Waals surface area contributed by atoms with Crippen molar-refractivity contribution in [2.45, 2.75) is 70.2 Å². The summed E-state index contributed by atoms with van der Waals surface area (Å²) in [6.07, 6.45) is 0.976. The largest absolute Gasteiger partial charge is 0.465 e. The van der Waals surface area contributed by atoms with Gasteiger partial charge in [-0.1, -0.05) is 0 Å². The Morgan fingerprint density at radius 1 is 1.22 bits per heavy atom. The minimum Gasteiger partial charge on any atom is -0.465 e. The normalized spacial score (nSPS) is 28.7. The Kier molecular flexibility index (Phi) is 6.91. The molecule has 27 heavy (non-hydrogen) atoms. The van der Waals surface area contributed by atoms with Gasteiger partial charge in [0, 0.05) is 31.7 Å². The van der Waals surface area contributed by atoms with Crippen LogP contribution < -0.4 is 10.6 Å². The Hall–Kier alpha value is -2.03. The quantitative estimate of drug-likeness (QED) is 0.661. The van der Waals surface area contributed by atoms with E-state index >= 15 is 0 Å². The zero-order valence-electron chi connectivity index (χ0n) is 16.5. The summed E-state index contributed by atoms with van der Waals surface area (Å²) >= 11 is 0. The maximum atomic E-state index is 12.6. The van der Waals surface area contributed by atoms with Crippen LogP contribution in [0.1, 0.15) is 46.5 Å². The Morgan fingerprint density at radius 2 is 1.93 bits per heavy atom. The summed E-state index contributed by atoms with van der Waals surface area (Å²) in [4.78, 5) is 37.2. The number of nitrogens with zero attached hydrogens (tertiary/aromatic N) is 1. The summed E-state index contributed by atoms with van der Waals surface area (Å²) in [5, 5.41) is 14.1. The van der Waals surface area contributed by atoms with Gasteiger partial charge in [0.25, 0.3) is 0 Å². The number of alkyl carbamates (subject to hydrolysis) is 1. The first-order valence-corrected chi connectivity index (χ1v) is 9.39. The van der Waals surface area contributed by atoms with Gasteiger partial charge in [0.15, 0.2) is 0 Å². The van der Waals surface area contributed by atoms with Crippen LogP contribution in [-0.4, -0.2) is 72.1 Å². The molecule has 1 saturated carbocycles. The average molecular weight is 385 g/mol. The van der Waals surface area contributed by atoms with E-state index in [1.54, 1.807) is 12.0 Å². The second-order valence-corrected chi connectivity index (χ2v) is 8.26. The SMILES string of the molecule is COC[C@@H]1C[C@H](NC(=O)OC(C)(C)C)CC[C@@H]1N1CC[C@H](NC(=O)O)C1=O. The molecular formula is C18H31N3O6. The lowest BCUT2D eigenvalue weighted by Gasteiger charge is -2.41. The fraction of sp³-hybridized carbons (Fsp3) is 0.833. The number of rotatable bonds is 5. The van der Waals surface area contributed by atoms with Crippen LogP contribution in [0.25, 0.3) is 0 Å². The van der Waals surface area contributed by atoms with Gasteiger partial charge in [-0.2, -0.15) is 0 Å². The van der Waals surface area contributed by atoms with Crippen molar-refractivity contribution in [2.24, 2.45) is 5.92 Å². The van der Waals surface area contributed by atoms with Gasteiger partial charge in [0.05, 0.1) is 6.61 Å². The standard InChI is InChI=1S/C18H31N3O6/c1-18(2,3)27-17(25)19-12-5-6-14(11(9-12)10-26-4)21-8-7-13(15(21)22)20-16(23)24/h11-14,20H,5-10H2,1-4H3,(H,19,25)(H,23,24)/t11-,12+,13-,14-/m0/s1. The van der Waals surface area contributed by atoms with Crippen LogP contribution in [0.5, 0.6) is 0 Å². The zero-order valence-corrected chi connectivity index (χ0v) is 16.5. The van der Waals surface area contributed by atoms with E-state index in [-0.39, 0.29) is 23.9 Å². The van der Waals surface area contributed by atoms with Crippen molar-refractivity contribution in [1.82, 2.24) is 15.5 Å². The number of carbonyl (C=O) groups excluding carboxylic acids is 2. The third-order valence-corrected chi connectivity index (χ3v) is 4.98. The molecule has 0 aromatic heterocycles. The summed E-state index contributed by atoms with van der Waals surface area (Å²) in [5.41, 5.74) is -0.554. The van der Waals surface area contributed by atoms with Crippen molar-refractivity contribution >= 4 is 18.1 Å². The number of ether oxygens (including phenoxy) is 2. The van der Waals surface area contributed by atoms with Crippen LogP contribution >= 0.6 is 0 Å². The molecule has 0 bridgehead atoms. The molecule has 4 atom stereocenters. The summed E-state index contributed by atoms with van der Waals surface area (Å²) in [6, 6.07) is -0.736. The number of hydrogen-bond donors (Lipinski definition) is 3. The van der Waals surface area contributed by atoms with Crippen LogP contribution in [0.3, 0.4) is 0 Å². The Morgan fingerprint density at radius 3 is 2.52 bits per heavy atom. The number of carboxylic acid groups (broad SMARTS) is 1. The second-order valence-electron chi connectivity index (χ2n) is 8.26. The lowest BCUT2D eigenvalue weighted by molar-refractivity contribution is -0.133. The van der Waals surface area contributed by atoms with E-state index in [1.165, 1.54) is 0 Å². The molecule has 9 nitrogen and oxygen atoms in total. The predicted molar refractivity (Wildman–Crippen MR) is 97.4 cm³/mol. The van der Waals surface area contributed by atoms with Gasteiger partial charge in [0.1, 0.15) is 11.6 Å². The van der Waals surface area contributed by atoms with Gasteiger partial charge in [-0.25, -0.2) is 9.59 Å². The number of amides is 3. The van der Waals surface area contributed by atoms with Gasteiger partial charge in [-0.15, -0.1) is 0 Å². The number of hydrogen-bond acceptors (Lipinski definition) is 5. The fourth-order valence-electron chi connectivity index (χ4n) is 3.97. The molecule has 2 fully saturated rings. The van der Waals surface area contributed by atoms with Crippen molar-refractivity contribution in [2.75, 3.05) is 20.3 Å². The van der Waals surface area contributed by atoms with Gasteiger partial charge in [0.2, 0.25) is 5.91 Å². The topological polar surface area (TPSA) is 117 Å². The predicted octanol–water partition coefficient (Wildman–Crippen LogP) is 1.56. The smallest absolute Gasteiger partial charge is 0.407 e. The summed E-state index contributed by atoms with van der Waals surface area (Å²) in [6.45, 7) is 6.45. The summed E-state index contributed by atoms with van der Waals surface area (Å²) in [5.74, 6) is -0.113. The molecule has 0 unspecified atom stereocenters. The molecule has 2 rings (SSSR count). The Balaban J connectivity index is 1.97. The van der Waals surface area contributed by atoms with Crippen LogP contribution in [0.2, 0.25) is 0 Å². The van der Waals surface area contributed by atoms with Crippen LogP contribution in [0, 0.1) is 5.92 Å². The molecule has 1 saturated heterocycles. The minimum absolute atomic E-state index is 0.0188. The van der Waals surface area contributed by atoms with E-state index in [4.69, 9.17) is 14.6 Å². The summed E-state index contributed by atoms with van der Waals surface area (Å²) in [7, 11) is 1.61. The molecule has 154 valence electrons. The lowest BCUT2D eigenvalue weighted by Crippen LogP contribution is -2.52. The first kappa shape index (κ1) is 21.3. The van der Waals surface area contributed by atoms with Crippen LogP contribution in [-0.2, 0) is 14.3 Å². The zero-order chi connectivity index (χ0) is 20.2. The van der Waals surface area contributed by atoms with E-state index in [9.17, 15) is 14.4 Å². The molecule has 0 radical (unpaired) electrons. The fourth-order valence-corrected chi connectivity index (χ4v) is 3.97. The van der Waals surface area contributed by atoms with Crippen molar-refractivity contribution in [1.29, 1.82) is 0 Å². The van der Waals surface area contributed by atoms with E-state index in [1.807, 2.05) is 20.8 Å². The van der Waals surface area contributed by atoms with Crippen molar-refractivity contribution in [3.05, 3.63) is 0 Å². The Labute approximate surface area is 159 Å². The molecule has 3 N–H and O–H groups in total. The molecule has 1 aliphatic carbocycles. The number of methoxy groups -OCH3 is 1. The maximum Gasteiger partial charge on any atom is 0.407 e. The monoisotopic (exact) mass is 385 g/mol. The van der Waals surface area contributed by atoms with Crippen molar-refractivity contribution in [3.63, 3.8) is 0 Å². The van der Waals surface area contributed by atoms with Gasteiger partial charge >= 0.3 is 12.2 Å². The number of nitrogens with one attached hydrogen (secondary N) is 2. The second kappa shape index (κ2) is 8.77. The van der Waals surface area contributed by atoms with E-state index in [0.29, 0.717) is 26.0 Å². The molecular weight excluding hydrogens is 354 g/mol. The molecule has 1 aliphatic heterocycles. The highest BCUT2D eigenvalue weighted by Gasteiger charge is 2.42. The van der Waals surface area contributed by atoms with Gasteiger partial charge in [-0.3, -0.25) is 4.79 Å². The highest BCUT2D eigenvalue weighted by Crippen LogP contribution is 2.32. The van der Waals surface area contributed by atoms with E-state index < -0.39 is 23.8 Å². The lowest BCUT2D eigenvalue weighted by atomic mass is 9.81. The number of carbonyl (C=O) groups is 3. The Bertz CT molecular complexity index is 562. The van der Waals surface area contributed by atoms with Crippen molar-refractivity contribution < 1.29 is 29.0 Å². The highest BCUT2D eigenvalue weighted by molar-refractivity contribution is 5.87. The number of likely N-dealkylation sites (tertiary alicyclic amines) is 1. The van der Waals surface area contributed by atoms with Crippen LogP contribution in [0.4, 0.5) is 9.59 Å². The first-order chi connectivity index (χ1) is 12.6. The third-order valence-electron chi connectivity index (χ3n) is 4.98. The van der Waals surface area contributed by atoms with E-state index in [0.717, 1.165) is 12.8 Å². The molecule has 3 amide bonds. The highest BCUT2D eigenvalue weighted by atomic mass is 16.6. The van der Waals surface area contributed by atoms with E-state index in [2.05, 4.69) is 10.6 Å². The molecule has 1 heterocycles. The first-order valence-electron chi connectivity index (χ1n) is 9.39. The minimum atomic E-state index is -1.19. The molecule has 2 aliphatic rings. The van der Waals surface area contributed by atoms with Gasteiger partial charge in [-0.05, 0) is 46.5 Å². The summed E-state index contributed by atoms with van der Waals surface area (Å²) < 4.78 is 10.7. The molecule has 0 aromatic rings. The third kappa shape index (κ3) is 5.98. The van der Waals surface area contributed by atoms with Crippen molar-refractivity contribution in [3.8, 4) is 0 Å². The van der Waals surface area contributed by atoms with Crippen LogP contribution in [0.15, 0.2) is 0 Å². The maximum absolute atomic E-state index is 12.6. The molecule has 0 spiro atoms. The average Bonchev–Trinajstić information content (AvgIpc) is 2.86. The molecule has 9 heteroatoms. The molecule has 0 aromatic carbocycles. The van der Waals surface area contributed by atoms with Gasteiger partial charge < -0.3 is 30.1 Å².